The summed E-state index contributed by atoms with van der Waals surface area (Å²) >= 11 is 0. The molecule has 2 fully saturated rings. The highest BCUT2D eigenvalue weighted by Gasteiger charge is 2.72. The highest BCUT2D eigenvalue weighted by atomic mass is 16.2. The third-order valence-electron chi connectivity index (χ3n) is 4.62. The summed E-state index contributed by atoms with van der Waals surface area (Å²) in [5, 5.41) is 24.2. The summed E-state index contributed by atoms with van der Waals surface area (Å²) < 4.78 is 0. The minimum absolute atomic E-state index is 0.468. The van der Waals surface area contributed by atoms with Crippen LogP contribution in [0.1, 0.15) is 12.5 Å². The summed E-state index contributed by atoms with van der Waals surface area (Å²) in [6.07, 6.45) is 0. The molecule has 2 aliphatic rings. The molecule has 2 amide bonds. The van der Waals surface area contributed by atoms with Crippen LogP contribution in [0.25, 0.3) is 0 Å². The summed E-state index contributed by atoms with van der Waals surface area (Å²) in [6, 6.07) is 12.8. The second-order valence-corrected chi connectivity index (χ2v) is 5.50. The first-order chi connectivity index (χ1) is 10.0. The summed E-state index contributed by atoms with van der Waals surface area (Å²) in [5.74, 6) is -3.07. The Morgan fingerprint density at radius 1 is 1.00 bits per heavy atom. The van der Waals surface area contributed by atoms with Crippen molar-refractivity contribution in [3.05, 3.63) is 35.9 Å². The van der Waals surface area contributed by atoms with Crippen molar-refractivity contribution in [3.63, 3.8) is 0 Å². The predicted octanol–water partition coefficient (Wildman–Crippen LogP) is 0.385. The van der Waals surface area contributed by atoms with Crippen molar-refractivity contribution in [2.75, 3.05) is 0 Å². The van der Waals surface area contributed by atoms with Crippen LogP contribution in [0.5, 0.6) is 0 Å². The van der Waals surface area contributed by atoms with E-state index in [1.165, 1.54) is 0 Å². The predicted molar refractivity (Wildman–Crippen MR) is 70.7 cm³/mol. The van der Waals surface area contributed by atoms with Crippen LogP contribution >= 0.6 is 0 Å². The Hall–Kier alpha value is -2.86. The van der Waals surface area contributed by atoms with E-state index < -0.39 is 34.7 Å². The van der Waals surface area contributed by atoms with E-state index in [2.05, 4.69) is 10.6 Å². The van der Waals surface area contributed by atoms with Crippen LogP contribution in [0.15, 0.2) is 30.3 Å². The quantitative estimate of drug-likeness (QED) is 0.775. The zero-order valence-corrected chi connectivity index (χ0v) is 11.3. The number of fused-ring (bicyclic) bond motifs is 1. The molecule has 2 N–H and O–H groups in total. The third kappa shape index (κ3) is 1.34. The van der Waals surface area contributed by atoms with Gasteiger partial charge in [-0.15, -0.1) is 0 Å². The van der Waals surface area contributed by atoms with Gasteiger partial charge < -0.3 is 10.6 Å². The van der Waals surface area contributed by atoms with Crippen LogP contribution in [0.2, 0.25) is 0 Å². The van der Waals surface area contributed by atoms with Crippen LogP contribution in [-0.2, 0) is 15.3 Å². The van der Waals surface area contributed by atoms with E-state index in [9.17, 15) is 20.1 Å². The molecule has 2 saturated heterocycles. The minimum Gasteiger partial charge on any atom is -0.328 e. The van der Waals surface area contributed by atoms with Gasteiger partial charge in [0.2, 0.25) is 11.8 Å². The fourth-order valence-electron chi connectivity index (χ4n) is 3.49. The molecule has 21 heavy (non-hydrogen) atoms. The fourth-order valence-corrected chi connectivity index (χ4v) is 3.49. The Morgan fingerprint density at radius 2 is 1.48 bits per heavy atom. The van der Waals surface area contributed by atoms with E-state index in [4.69, 9.17) is 0 Å². The normalized spacial score (nSPS) is 37.1. The first kappa shape index (κ1) is 13.1. The zero-order valence-electron chi connectivity index (χ0n) is 11.3. The molecule has 0 aliphatic carbocycles. The number of benzene rings is 1. The molecule has 0 bridgehead atoms. The van der Waals surface area contributed by atoms with Crippen molar-refractivity contribution in [2.24, 2.45) is 17.3 Å². The van der Waals surface area contributed by atoms with Crippen LogP contribution < -0.4 is 10.6 Å². The van der Waals surface area contributed by atoms with E-state index in [1.807, 2.05) is 18.2 Å². The molecule has 2 heterocycles. The van der Waals surface area contributed by atoms with Gasteiger partial charge in [-0.2, -0.15) is 10.5 Å². The van der Waals surface area contributed by atoms with Crippen molar-refractivity contribution in [1.82, 2.24) is 10.6 Å². The monoisotopic (exact) mass is 280 g/mol. The minimum atomic E-state index is -1.22. The van der Waals surface area contributed by atoms with Gasteiger partial charge in [-0.3, -0.25) is 9.59 Å². The second-order valence-electron chi connectivity index (χ2n) is 5.50. The number of carbonyl (C=O) groups excluding carboxylic acids is 2. The smallest absolute Gasteiger partial charge is 0.240 e. The molecule has 6 heteroatoms. The standard InChI is InChI=1S/C15H12N4O2/c1-14-10(7-16)12(20)18-15(14,9-5-3-2-4-6-9)19-13(21)11(14)8-17/h2-6,10-11H,1H3,(H,18,20)(H,19,21)/t10-,11?,14?,15?/m0/s1. The number of amides is 2. The lowest BCUT2D eigenvalue weighted by Gasteiger charge is -2.38. The van der Waals surface area contributed by atoms with E-state index in [-0.39, 0.29) is 0 Å². The average molecular weight is 280 g/mol. The number of nitrogens with zero attached hydrogens (tertiary/aromatic N) is 2. The fraction of sp³-hybridized carbons (Fsp3) is 0.333. The first-order valence-corrected chi connectivity index (χ1v) is 6.50. The lowest BCUT2D eigenvalue weighted by Crippen LogP contribution is -2.54. The molecule has 0 aromatic heterocycles. The molecule has 2 aliphatic heterocycles. The van der Waals surface area contributed by atoms with Gasteiger partial charge >= 0.3 is 0 Å². The molecule has 3 unspecified atom stereocenters. The van der Waals surface area contributed by atoms with Crippen LogP contribution in [0.4, 0.5) is 0 Å². The Kier molecular flexibility index (Phi) is 2.54. The summed E-state index contributed by atoms with van der Waals surface area (Å²) in [4.78, 5) is 24.4. The van der Waals surface area contributed by atoms with Crippen molar-refractivity contribution in [2.45, 2.75) is 12.6 Å². The Labute approximate surface area is 121 Å². The van der Waals surface area contributed by atoms with Gasteiger partial charge in [-0.25, -0.2) is 0 Å². The van der Waals surface area contributed by atoms with Gasteiger partial charge in [0.15, 0.2) is 0 Å². The lowest BCUT2D eigenvalue weighted by atomic mass is 9.64. The van der Waals surface area contributed by atoms with Gasteiger partial charge in [-0.05, 0) is 5.56 Å². The molecular formula is C15H12N4O2. The van der Waals surface area contributed by atoms with Crippen LogP contribution in [0.3, 0.4) is 0 Å². The van der Waals surface area contributed by atoms with E-state index >= 15 is 0 Å². The second kappa shape index (κ2) is 4.07. The molecule has 4 atom stereocenters. The van der Waals surface area contributed by atoms with Crippen molar-refractivity contribution >= 4 is 11.8 Å². The number of nitrogens with one attached hydrogen (secondary N) is 2. The molecule has 3 rings (SSSR count). The molecule has 0 radical (unpaired) electrons. The average Bonchev–Trinajstić information content (AvgIpc) is 2.81. The molecule has 0 saturated carbocycles. The van der Waals surface area contributed by atoms with E-state index in [0.717, 1.165) is 0 Å². The van der Waals surface area contributed by atoms with Crippen molar-refractivity contribution in [3.8, 4) is 12.1 Å². The largest absolute Gasteiger partial charge is 0.328 e. The molecular weight excluding hydrogens is 268 g/mol. The number of nitriles is 2. The molecule has 104 valence electrons. The first-order valence-electron chi connectivity index (χ1n) is 6.50. The summed E-state index contributed by atoms with van der Waals surface area (Å²) in [6.45, 7) is 1.64. The Morgan fingerprint density at radius 3 is 1.90 bits per heavy atom. The third-order valence-corrected chi connectivity index (χ3v) is 4.62. The summed E-state index contributed by atoms with van der Waals surface area (Å²) in [7, 11) is 0. The number of hydrogen-bond acceptors (Lipinski definition) is 4. The highest BCUT2D eigenvalue weighted by Crippen LogP contribution is 2.56. The number of carbonyl (C=O) groups is 2. The maximum absolute atomic E-state index is 12.2. The van der Waals surface area contributed by atoms with Crippen molar-refractivity contribution < 1.29 is 9.59 Å². The van der Waals surface area contributed by atoms with Gasteiger partial charge in [-0.1, -0.05) is 37.3 Å². The van der Waals surface area contributed by atoms with Crippen LogP contribution in [-0.4, -0.2) is 11.8 Å². The Bertz CT molecular complexity index is 677. The SMILES string of the molecule is CC12C(C#N)C(=O)NC1(c1ccccc1)NC(=O)[C@@H]2C#N. The maximum Gasteiger partial charge on any atom is 0.240 e. The molecule has 1 aromatic carbocycles. The molecule has 0 spiro atoms. The maximum atomic E-state index is 12.2. The van der Waals surface area contributed by atoms with Gasteiger partial charge in [0.25, 0.3) is 0 Å². The number of hydrogen-bond donors (Lipinski definition) is 2. The van der Waals surface area contributed by atoms with E-state index in [1.54, 1.807) is 31.2 Å². The van der Waals surface area contributed by atoms with Crippen molar-refractivity contribution in [1.29, 1.82) is 10.5 Å². The topological polar surface area (TPSA) is 106 Å². The molecule has 1 aromatic rings. The van der Waals surface area contributed by atoms with Gasteiger partial charge in [0.1, 0.15) is 17.5 Å². The zero-order chi connectivity index (χ0) is 15.3. The Balaban J connectivity index is 2.29. The lowest BCUT2D eigenvalue weighted by molar-refractivity contribution is -0.125. The number of rotatable bonds is 1. The van der Waals surface area contributed by atoms with E-state index in [0.29, 0.717) is 5.56 Å². The van der Waals surface area contributed by atoms with Crippen LogP contribution in [0, 0.1) is 39.9 Å². The molecule has 6 nitrogen and oxygen atoms in total. The highest BCUT2D eigenvalue weighted by molar-refractivity contribution is 5.95. The van der Waals surface area contributed by atoms with Gasteiger partial charge in [0.05, 0.1) is 17.6 Å². The summed E-state index contributed by atoms with van der Waals surface area (Å²) in [5.41, 5.74) is -1.72. The van der Waals surface area contributed by atoms with Gasteiger partial charge in [0, 0.05) is 0 Å².